The van der Waals surface area contributed by atoms with Gasteiger partial charge in [0.1, 0.15) is 6.10 Å². The molecule has 1 N–H and O–H groups in total. The zero-order valence-electron chi connectivity index (χ0n) is 34.9. The van der Waals surface area contributed by atoms with Crippen molar-refractivity contribution in [3.63, 3.8) is 0 Å². The van der Waals surface area contributed by atoms with Crippen molar-refractivity contribution in [3.8, 4) is 0 Å². The van der Waals surface area contributed by atoms with Gasteiger partial charge in [-0.1, -0.05) is 185 Å². The Morgan fingerprint density at radius 1 is 0.423 bits per heavy atom. The van der Waals surface area contributed by atoms with Crippen LogP contribution in [0.2, 0.25) is 0 Å². The van der Waals surface area contributed by atoms with E-state index < -0.39 is 5.97 Å². The molecular formula is C48H88O4. The monoisotopic (exact) mass is 729 g/mol. The molecule has 0 aliphatic heterocycles. The van der Waals surface area contributed by atoms with Crippen LogP contribution < -0.4 is 0 Å². The first-order valence-corrected chi connectivity index (χ1v) is 23.0. The van der Waals surface area contributed by atoms with Gasteiger partial charge in [-0.2, -0.15) is 0 Å². The van der Waals surface area contributed by atoms with Crippen molar-refractivity contribution in [2.75, 3.05) is 0 Å². The molecule has 0 fully saturated rings. The highest BCUT2D eigenvalue weighted by atomic mass is 16.5. The Balaban J connectivity index is 3.90. The van der Waals surface area contributed by atoms with Crippen LogP contribution in [-0.4, -0.2) is 23.1 Å². The Labute approximate surface area is 324 Å². The normalized spacial score (nSPS) is 12.5. The van der Waals surface area contributed by atoms with Gasteiger partial charge >= 0.3 is 11.9 Å². The number of hydrogen-bond donors (Lipinski definition) is 1. The Bertz CT molecular complexity index is 828. The van der Waals surface area contributed by atoms with Crippen molar-refractivity contribution in [1.82, 2.24) is 0 Å². The summed E-state index contributed by atoms with van der Waals surface area (Å²) in [6.07, 6.45) is 57.6. The molecule has 0 heterocycles. The van der Waals surface area contributed by atoms with Gasteiger partial charge in [-0.25, -0.2) is 0 Å². The molecule has 0 radical (unpaired) electrons. The summed E-state index contributed by atoms with van der Waals surface area (Å²) in [5.41, 5.74) is 0. The van der Waals surface area contributed by atoms with Crippen molar-refractivity contribution in [3.05, 3.63) is 36.5 Å². The van der Waals surface area contributed by atoms with E-state index in [0.717, 1.165) is 77.0 Å². The minimum Gasteiger partial charge on any atom is -0.481 e. The lowest BCUT2D eigenvalue weighted by Crippen LogP contribution is -2.18. The van der Waals surface area contributed by atoms with Crippen LogP contribution in [0, 0.1) is 0 Å². The Kier molecular flexibility index (Phi) is 42.0. The highest BCUT2D eigenvalue weighted by Crippen LogP contribution is 2.18. The maximum absolute atomic E-state index is 12.7. The van der Waals surface area contributed by atoms with Crippen molar-refractivity contribution in [2.24, 2.45) is 0 Å². The minimum absolute atomic E-state index is 0.0133. The average molecular weight is 729 g/mol. The van der Waals surface area contributed by atoms with Gasteiger partial charge in [-0.3, -0.25) is 9.59 Å². The van der Waals surface area contributed by atoms with Crippen LogP contribution in [0.5, 0.6) is 0 Å². The minimum atomic E-state index is -0.705. The van der Waals surface area contributed by atoms with E-state index in [4.69, 9.17) is 9.84 Å². The number of carboxylic acid groups (broad SMARTS) is 1. The predicted octanol–water partition coefficient (Wildman–Crippen LogP) is 16.1. The van der Waals surface area contributed by atoms with E-state index in [0.29, 0.717) is 6.42 Å². The molecule has 0 aliphatic rings. The molecule has 52 heavy (non-hydrogen) atoms. The quantitative estimate of drug-likeness (QED) is 0.0386. The summed E-state index contributed by atoms with van der Waals surface area (Å²) >= 11 is 0. The van der Waals surface area contributed by atoms with Crippen LogP contribution in [-0.2, 0) is 14.3 Å². The molecular weight excluding hydrogens is 641 g/mol. The first-order chi connectivity index (χ1) is 25.6. The number of carbonyl (C=O) groups excluding carboxylic acids is 1. The Hall–Kier alpha value is -1.84. The molecule has 0 spiro atoms. The standard InChI is InChI=1S/C48H88O4/c1-3-5-7-9-11-13-15-16-17-18-19-20-21-22-23-24-25-26-28-30-32-37-41-45-48(51)52-46(43-39-35-33-36-40-44-47(49)50)42-38-34-31-29-27-14-12-10-8-6-4-2/h12,14,18-19,29,31,46H,3-11,13,15-17,20-28,30,32-45H2,1-2H3,(H,49,50)/b14-12-,19-18-,31-29-. The van der Waals surface area contributed by atoms with Crippen molar-refractivity contribution in [2.45, 2.75) is 258 Å². The third-order valence-electron chi connectivity index (χ3n) is 10.3. The summed E-state index contributed by atoms with van der Waals surface area (Å²) in [5.74, 6) is -0.725. The summed E-state index contributed by atoms with van der Waals surface area (Å²) in [6.45, 7) is 4.53. The number of rotatable bonds is 42. The van der Waals surface area contributed by atoms with Crippen LogP contribution in [0.3, 0.4) is 0 Å². The molecule has 1 atom stereocenters. The van der Waals surface area contributed by atoms with Gasteiger partial charge in [-0.15, -0.1) is 0 Å². The van der Waals surface area contributed by atoms with Crippen LogP contribution in [0.1, 0.15) is 251 Å². The van der Waals surface area contributed by atoms with Crippen molar-refractivity contribution >= 4 is 11.9 Å². The molecule has 0 rings (SSSR count). The number of allylic oxidation sites excluding steroid dienone is 6. The maximum atomic E-state index is 12.7. The second kappa shape index (κ2) is 43.6. The third kappa shape index (κ3) is 42.6. The first kappa shape index (κ1) is 50.2. The number of carboxylic acids is 1. The fraction of sp³-hybridized carbons (Fsp3) is 0.833. The van der Waals surface area contributed by atoms with Gasteiger partial charge in [-0.05, 0) is 89.9 Å². The van der Waals surface area contributed by atoms with E-state index >= 15 is 0 Å². The topological polar surface area (TPSA) is 63.6 Å². The number of aliphatic carboxylic acids is 1. The van der Waals surface area contributed by atoms with Crippen LogP contribution in [0.25, 0.3) is 0 Å². The van der Waals surface area contributed by atoms with E-state index in [9.17, 15) is 9.59 Å². The number of ether oxygens (including phenoxy) is 1. The number of hydrogen-bond acceptors (Lipinski definition) is 3. The highest BCUT2D eigenvalue weighted by molar-refractivity contribution is 5.69. The molecule has 1 unspecified atom stereocenters. The summed E-state index contributed by atoms with van der Waals surface area (Å²) in [4.78, 5) is 23.4. The smallest absolute Gasteiger partial charge is 0.306 e. The molecule has 0 saturated carbocycles. The van der Waals surface area contributed by atoms with Gasteiger partial charge in [0.15, 0.2) is 0 Å². The molecule has 0 aromatic rings. The van der Waals surface area contributed by atoms with Gasteiger partial charge in [0.05, 0.1) is 0 Å². The lowest BCUT2D eigenvalue weighted by atomic mass is 10.0. The number of esters is 1. The SMILES string of the molecule is CCCCC/C=C\C/C=C\CCCC(CCCCCCCC(=O)O)OC(=O)CCCCCCCCCCCCC/C=C\CCCCCCCCCC. The predicted molar refractivity (Wildman–Crippen MR) is 227 cm³/mol. The van der Waals surface area contributed by atoms with E-state index in [1.165, 1.54) is 148 Å². The van der Waals surface area contributed by atoms with Gasteiger partial charge < -0.3 is 9.84 Å². The molecule has 0 aromatic carbocycles. The third-order valence-corrected chi connectivity index (χ3v) is 10.3. The lowest BCUT2D eigenvalue weighted by molar-refractivity contribution is -0.150. The van der Waals surface area contributed by atoms with Gasteiger partial charge in [0.25, 0.3) is 0 Å². The maximum Gasteiger partial charge on any atom is 0.306 e. The molecule has 0 amide bonds. The zero-order valence-corrected chi connectivity index (χ0v) is 34.9. The molecule has 0 bridgehead atoms. The first-order valence-electron chi connectivity index (χ1n) is 23.0. The number of unbranched alkanes of at least 4 members (excludes halogenated alkanes) is 27. The molecule has 304 valence electrons. The second-order valence-corrected chi connectivity index (χ2v) is 15.6. The van der Waals surface area contributed by atoms with E-state index in [2.05, 4.69) is 50.3 Å². The molecule has 0 aliphatic carbocycles. The summed E-state index contributed by atoms with van der Waals surface area (Å²) in [5, 5.41) is 8.83. The van der Waals surface area contributed by atoms with Crippen molar-refractivity contribution in [1.29, 1.82) is 0 Å². The Morgan fingerprint density at radius 3 is 1.27 bits per heavy atom. The highest BCUT2D eigenvalue weighted by Gasteiger charge is 2.14. The van der Waals surface area contributed by atoms with Gasteiger partial charge in [0.2, 0.25) is 0 Å². The van der Waals surface area contributed by atoms with Crippen LogP contribution in [0.4, 0.5) is 0 Å². The van der Waals surface area contributed by atoms with E-state index in [1.54, 1.807) is 0 Å². The van der Waals surface area contributed by atoms with Gasteiger partial charge in [0, 0.05) is 12.8 Å². The molecule has 0 saturated heterocycles. The lowest BCUT2D eigenvalue weighted by Gasteiger charge is -2.18. The fourth-order valence-electron chi connectivity index (χ4n) is 6.92. The summed E-state index contributed by atoms with van der Waals surface area (Å²) in [7, 11) is 0. The molecule has 0 aromatic heterocycles. The van der Waals surface area contributed by atoms with Crippen LogP contribution in [0.15, 0.2) is 36.5 Å². The number of carbonyl (C=O) groups is 2. The fourth-order valence-corrected chi connectivity index (χ4v) is 6.92. The summed E-state index contributed by atoms with van der Waals surface area (Å²) in [6, 6.07) is 0. The molecule has 4 nitrogen and oxygen atoms in total. The average Bonchev–Trinajstić information content (AvgIpc) is 3.13. The zero-order chi connectivity index (χ0) is 37.8. The largest absolute Gasteiger partial charge is 0.481 e. The second-order valence-electron chi connectivity index (χ2n) is 15.6. The van der Waals surface area contributed by atoms with E-state index in [-0.39, 0.29) is 18.5 Å². The Morgan fingerprint density at radius 2 is 0.769 bits per heavy atom. The van der Waals surface area contributed by atoms with Crippen LogP contribution >= 0.6 is 0 Å². The summed E-state index contributed by atoms with van der Waals surface area (Å²) < 4.78 is 6.00. The van der Waals surface area contributed by atoms with E-state index in [1.807, 2.05) is 0 Å². The molecule has 4 heteroatoms. The van der Waals surface area contributed by atoms with Crippen molar-refractivity contribution < 1.29 is 19.4 Å².